The first-order valence-corrected chi connectivity index (χ1v) is 8.97. The molecule has 1 heterocycles. The van der Waals surface area contributed by atoms with Crippen LogP contribution in [0.3, 0.4) is 0 Å². The van der Waals surface area contributed by atoms with E-state index in [1.54, 1.807) is 35.2 Å². The molecule has 8 heteroatoms. The third-order valence-electron chi connectivity index (χ3n) is 5.10. The number of hydrogen-bond donors (Lipinski definition) is 2. The van der Waals surface area contributed by atoms with Crippen LogP contribution < -0.4 is 15.5 Å². The molecule has 2 atom stereocenters. The van der Waals surface area contributed by atoms with Crippen molar-refractivity contribution in [2.45, 2.75) is 18.5 Å². The summed E-state index contributed by atoms with van der Waals surface area (Å²) in [6.45, 7) is 1.16. The van der Waals surface area contributed by atoms with Gasteiger partial charge in [-0.05, 0) is 48.2 Å². The molecule has 2 aromatic rings. The molecule has 0 spiro atoms. The lowest BCUT2D eigenvalue weighted by atomic mass is 10.0. The van der Waals surface area contributed by atoms with E-state index in [1.165, 1.54) is 12.1 Å². The zero-order chi connectivity index (χ0) is 19.9. The van der Waals surface area contributed by atoms with Gasteiger partial charge in [-0.15, -0.1) is 0 Å². The summed E-state index contributed by atoms with van der Waals surface area (Å²) in [5, 5.41) is 5.46. The van der Waals surface area contributed by atoms with Crippen LogP contribution in [0.25, 0.3) is 0 Å². The number of hydrogen-bond acceptors (Lipinski definition) is 2. The van der Waals surface area contributed by atoms with Gasteiger partial charge in [0, 0.05) is 30.4 Å². The number of anilines is 2. The van der Waals surface area contributed by atoms with Gasteiger partial charge in [-0.2, -0.15) is 13.2 Å². The Morgan fingerprint density at radius 1 is 1.11 bits per heavy atom. The molecule has 2 aliphatic rings. The molecular weight excluding hydrogens is 371 g/mol. The summed E-state index contributed by atoms with van der Waals surface area (Å²) in [7, 11) is 0. The average Bonchev–Trinajstić information content (AvgIpc) is 3.36. The Labute approximate surface area is 159 Å². The number of alkyl halides is 3. The molecule has 1 saturated heterocycles. The summed E-state index contributed by atoms with van der Waals surface area (Å²) in [5.41, 5.74) is 0.758. The van der Waals surface area contributed by atoms with E-state index in [2.05, 4.69) is 10.6 Å². The molecule has 1 aliphatic heterocycles. The van der Waals surface area contributed by atoms with E-state index in [0.29, 0.717) is 25.2 Å². The fourth-order valence-corrected chi connectivity index (χ4v) is 3.58. The van der Waals surface area contributed by atoms with Gasteiger partial charge >= 0.3 is 12.2 Å². The van der Waals surface area contributed by atoms with Crippen LogP contribution in [-0.2, 0) is 11.0 Å². The van der Waals surface area contributed by atoms with Gasteiger partial charge in [0.15, 0.2) is 0 Å². The highest BCUT2D eigenvalue weighted by atomic mass is 19.4. The average molecular weight is 389 g/mol. The molecule has 3 amide bonds. The van der Waals surface area contributed by atoms with Crippen molar-refractivity contribution in [2.24, 2.45) is 5.92 Å². The monoisotopic (exact) mass is 389 g/mol. The van der Waals surface area contributed by atoms with Crippen LogP contribution in [0.5, 0.6) is 0 Å². The fourth-order valence-electron chi connectivity index (χ4n) is 3.58. The lowest BCUT2D eigenvalue weighted by Gasteiger charge is -2.15. The quantitative estimate of drug-likeness (QED) is 0.831. The second kappa shape index (κ2) is 6.85. The predicted octanol–water partition coefficient (Wildman–Crippen LogP) is 3.98. The van der Waals surface area contributed by atoms with E-state index in [-0.39, 0.29) is 17.5 Å². The standard InChI is InChI=1S/C20H18F3N3O2/c21-20(22,23)17-4-2-1-3-14(17)15-11-16(15)18(27)25-12-5-7-13(8-6-12)26-10-9-24-19(26)28/h1-8,15-16H,9-11H2,(H,24,28)(H,25,27). The van der Waals surface area contributed by atoms with Gasteiger partial charge in [-0.25, -0.2) is 4.79 Å². The van der Waals surface area contributed by atoms with Gasteiger partial charge in [-0.1, -0.05) is 18.2 Å². The minimum absolute atomic E-state index is 0.166. The number of nitrogens with zero attached hydrogens (tertiary/aromatic N) is 1. The van der Waals surface area contributed by atoms with Crippen molar-refractivity contribution in [1.82, 2.24) is 5.32 Å². The molecule has 2 unspecified atom stereocenters. The van der Waals surface area contributed by atoms with Gasteiger partial charge in [0.2, 0.25) is 5.91 Å². The highest BCUT2D eigenvalue weighted by Gasteiger charge is 2.47. The van der Waals surface area contributed by atoms with Crippen LogP contribution in [0.2, 0.25) is 0 Å². The number of nitrogens with one attached hydrogen (secondary N) is 2. The molecule has 2 N–H and O–H groups in total. The van der Waals surface area contributed by atoms with Crippen LogP contribution in [0.15, 0.2) is 48.5 Å². The van der Waals surface area contributed by atoms with Crippen LogP contribution in [-0.4, -0.2) is 25.0 Å². The molecule has 28 heavy (non-hydrogen) atoms. The van der Waals surface area contributed by atoms with E-state index >= 15 is 0 Å². The molecule has 2 fully saturated rings. The van der Waals surface area contributed by atoms with Gasteiger partial charge in [0.05, 0.1) is 5.56 Å². The van der Waals surface area contributed by atoms with Crippen molar-refractivity contribution in [1.29, 1.82) is 0 Å². The summed E-state index contributed by atoms with van der Waals surface area (Å²) in [4.78, 5) is 25.7. The lowest BCUT2D eigenvalue weighted by molar-refractivity contribution is -0.138. The molecule has 1 saturated carbocycles. The van der Waals surface area contributed by atoms with Crippen LogP contribution in [0.4, 0.5) is 29.3 Å². The number of carbonyl (C=O) groups excluding carboxylic acids is 2. The van der Waals surface area contributed by atoms with Crippen molar-refractivity contribution in [3.05, 3.63) is 59.7 Å². The van der Waals surface area contributed by atoms with E-state index < -0.39 is 23.6 Å². The highest BCUT2D eigenvalue weighted by molar-refractivity contribution is 5.96. The number of urea groups is 1. The minimum Gasteiger partial charge on any atom is -0.336 e. The minimum atomic E-state index is -4.43. The first-order chi connectivity index (χ1) is 13.3. The maximum Gasteiger partial charge on any atom is 0.416 e. The van der Waals surface area contributed by atoms with E-state index in [4.69, 9.17) is 0 Å². The molecule has 5 nitrogen and oxygen atoms in total. The summed E-state index contributed by atoms with van der Waals surface area (Å²) < 4.78 is 39.5. The SMILES string of the molecule is O=C(Nc1ccc(N2CCNC2=O)cc1)C1CC1c1ccccc1C(F)(F)F. The van der Waals surface area contributed by atoms with Crippen molar-refractivity contribution in [2.75, 3.05) is 23.3 Å². The van der Waals surface area contributed by atoms with E-state index in [9.17, 15) is 22.8 Å². The topological polar surface area (TPSA) is 61.4 Å². The van der Waals surface area contributed by atoms with Gasteiger partial charge in [-0.3, -0.25) is 9.69 Å². The molecule has 0 aromatic heterocycles. The normalized spacial score (nSPS) is 21.4. The first-order valence-electron chi connectivity index (χ1n) is 8.97. The lowest BCUT2D eigenvalue weighted by Crippen LogP contribution is -2.27. The molecule has 4 rings (SSSR count). The molecule has 1 aliphatic carbocycles. The Bertz CT molecular complexity index is 912. The third-order valence-corrected chi connectivity index (χ3v) is 5.10. The number of halogens is 3. The summed E-state index contributed by atoms with van der Waals surface area (Å²) >= 11 is 0. The molecule has 0 bridgehead atoms. The van der Waals surface area contributed by atoms with Crippen molar-refractivity contribution in [3.63, 3.8) is 0 Å². The summed E-state index contributed by atoms with van der Waals surface area (Å²) in [6, 6.07) is 12.1. The largest absolute Gasteiger partial charge is 0.416 e. The molecule has 146 valence electrons. The first kappa shape index (κ1) is 18.3. The molecule has 2 aromatic carbocycles. The van der Waals surface area contributed by atoms with Crippen molar-refractivity contribution in [3.8, 4) is 0 Å². The van der Waals surface area contributed by atoms with Crippen LogP contribution in [0.1, 0.15) is 23.5 Å². The van der Waals surface area contributed by atoms with Crippen LogP contribution in [0, 0.1) is 5.92 Å². The Balaban J connectivity index is 1.41. The third kappa shape index (κ3) is 3.54. The number of rotatable bonds is 4. The maximum atomic E-state index is 13.2. The van der Waals surface area contributed by atoms with Crippen LogP contribution >= 0.6 is 0 Å². The zero-order valence-electron chi connectivity index (χ0n) is 14.8. The Hall–Kier alpha value is -3.03. The molecular formula is C20H18F3N3O2. The van der Waals surface area contributed by atoms with E-state index in [1.807, 2.05) is 0 Å². The molecule has 0 radical (unpaired) electrons. The smallest absolute Gasteiger partial charge is 0.336 e. The van der Waals surface area contributed by atoms with Gasteiger partial charge in [0.1, 0.15) is 0 Å². The second-order valence-corrected chi connectivity index (χ2v) is 6.95. The van der Waals surface area contributed by atoms with Gasteiger partial charge in [0.25, 0.3) is 0 Å². The van der Waals surface area contributed by atoms with E-state index in [0.717, 1.165) is 11.8 Å². The summed E-state index contributed by atoms with van der Waals surface area (Å²) in [5.74, 6) is -1.20. The fraction of sp³-hybridized carbons (Fsp3) is 0.300. The van der Waals surface area contributed by atoms with Crippen molar-refractivity contribution < 1.29 is 22.8 Å². The number of benzene rings is 2. The zero-order valence-corrected chi connectivity index (χ0v) is 14.8. The van der Waals surface area contributed by atoms with Crippen molar-refractivity contribution >= 4 is 23.3 Å². The van der Waals surface area contributed by atoms with Gasteiger partial charge < -0.3 is 10.6 Å². The Kier molecular flexibility index (Phi) is 4.49. The maximum absolute atomic E-state index is 13.2. The summed E-state index contributed by atoms with van der Waals surface area (Å²) in [6.07, 6.45) is -4.04. The number of amides is 3. The highest BCUT2D eigenvalue weighted by Crippen LogP contribution is 2.51. The Morgan fingerprint density at radius 3 is 2.46 bits per heavy atom. The Morgan fingerprint density at radius 2 is 1.82 bits per heavy atom. The second-order valence-electron chi connectivity index (χ2n) is 6.95. The number of carbonyl (C=O) groups is 2. The predicted molar refractivity (Wildman–Crippen MR) is 98.1 cm³/mol.